The summed E-state index contributed by atoms with van der Waals surface area (Å²) >= 11 is 0. The number of halogens is 2. The first-order valence-corrected chi connectivity index (χ1v) is 7.50. The Morgan fingerprint density at radius 2 is 1.57 bits per heavy atom. The summed E-state index contributed by atoms with van der Waals surface area (Å²) in [6, 6.07) is 7.55. The minimum Gasteiger partial charge on any atom is -0.256 e. The number of rotatable bonds is 2. The Morgan fingerprint density at radius 3 is 2.05 bits per heavy atom. The van der Waals surface area contributed by atoms with Gasteiger partial charge in [0.1, 0.15) is 11.6 Å². The summed E-state index contributed by atoms with van der Waals surface area (Å²) in [5.41, 5.74) is 1.57. The third-order valence-electron chi connectivity index (χ3n) is 2.63. The van der Waals surface area contributed by atoms with E-state index in [1.54, 1.807) is 24.4 Å². The summed E-state index contributed by atoms with van der Waals surface area (Å²) in [5, 5.41) is 0. The number of aromatic nitrogens is 1. The second kappa shape index (κ2) is 10.0. The lowest BCUT2D eigenvalue weighted by molar-refractivity contribution is 0.579. The maximum absolute atomic E-state index is 13.9. The molecule has 1 heterocycles. The first-order valence-electron chi connectivity index (χ1n) is 7.50. The van der Waals surface area contributed by atoms with E-state index in [-0.39, 0.29) is 5.92 Å². The van der Waals surface area contributed by atoms with Crippen molar-refractivity contribution in [2.24, 2.45) is 0 Å². The number of pyridine rings is 1. The Bertz CT molecular complexity index is 522. The van der Waals surface area contributed by atoms with Gasteiger partial charge in [-0.3, -0.25) is 4.98 Å². The SMILES string of the molecule is CC.CC.CC(C)c1cc(F)cc(F)c1-c1ccccn1. The molecule has 1 aromatic carbocycles. The van der Waals surface area contributed by atoms with Crippen LogP contribution in [0, 0.1) is 11.6 Å². The fourth-order valence-electron chi connectivity index (χ4n) is 1.83. The molecule has 0 N–H and O–H groups in total. The molecule has 3 heteroatoms. The monoisotopic (exact) mass is 293 g/mol. The van der Waals surface area contributed by atoms with E-state index in [0.717, 1.165) is 6.07 Å². The van der Waals surface area contributed by atoms with Crippen molar-refractivity contribution in [3.8, 4) is 11.3 Å². The van der Waals surface area contributed by atoms with Crippen LogP contribution in [0.25, 0.3) is 11.3 Å². The molecule has 21 heavy (non-hydrogen) atoms. The van der Waals surface area contributed by atoms with Crippen molar-refractivity contribution >= 4 is 0 Å². The summed E-state index contributed by atoms with van der Waals surface area (Å²) in [4.78, 5) is 4.12. The summed E-state index contributed by atoms with van der Waals surface area (Å²) in [5.74, 6) is -1.07. The predicted octanol–water partition coefficient (Wildman–Crippen LogP) is 6.20. The Labute approximate surface area is 127 Å². The molecule has 2 aromatic rings. The Balaban J connectivity index is 0.000000921. The Morgan fingerprint density at radius 1 is 0.952 bits per heavy atom. The van der Waals surface area contributed by atoms with Gasteiger partial charge in [-0.15, -0.1) is 0 Å². The van der Waals surface area contributed by atoms with E-state index in [1.807, 2.05) is 41.5 Å². The minimum absolute atomic E-state index is 0.0391. The molecule has 116 valence electrons. The van der Waals surface area contributed by atoms with Crippen LogP contribution in [0.1, 0.15) is 53.0 Å². The molecule has 0 aliphatic carbocycles. The highest BCUT2D eigenvalue weighted by Gasteiger charge is 2.16. The van der Waals surface area contributed by atoms with Crippen molar-refractivity contribution < 1.29 is 8.78 Å². The average molecular weight is 293 g/mol. The van der Waals surface area contributed by atoms with Crippen LogP contribution in [0.4, 0.5) is 8.78 Å². The van der Waals surface area contributed by atoms with Crippen molar-refractivity contribution in [3.63, 3.8) is 0 Å². The molecule has 1 nitrogen and oxygen atoms in total. The van der Waals surface area contributed by atoms with Gasteiger partial charge in [0.05, 0.1) is 5.69 Å². The fourth-order valence-corrected chi connectivity index (χ4v) is 1.83. The van der Waals surface area contributed by atoms with Crippen LogP contribution in [-0.2, 0) is 0 Å². The third-order valence-corrected chi connectivity index (χ3v) is 2.63. The average Bonchev–Trinajstić information content (AvgIpc) is 2.51. The van der Waals surface area contributed by atoms with Crippen molar-refractivity contribution in [2.75, 3.05) is 0 Å². The smallest absolute Gasteiger partial charge is 0.135 e. The molecule has 0 aliphatic heterocycles. The number of nitrogens with zero attached hydrogens (tertiary/aromatic N) is 1. The topological polar surface area (TPSA) is 12.9 Å². The maximum Gasteiger partial charge on any atom is 0.135 e. The highest BCUT2D eigenvalue weighted by Crippen LogP contribution is 2.31. The van der Waals surface area contributed by atoms with E-state index >= 15 is 0 Å². The molecule has 0 radical (unpaired) electrons. The van der Waals surface area contributed by atoms with Crippen molar-refractivity contribution in [1.29, 1.82) is 0 Å². The van der Waals surface area contributed by atoms with Crippen LogP contribution in [0.3, 0.4) is 0 Å². The number of hydrogen-bond acceptors (Lipinski definition) is 1. The van der Waals surface area contributed by atoms with Crippen LogP contribution >= 0.6 is 0 Å². The van der Waals surface area contributed by atoms with Gasteiger partial charge in [0.15, 0.2) is 0 Å². The lowest BCUT2D eigenvalue weighted by Gasteiger charge is -2.13. The van der Waals surface area contributed by atoms with E-state index in [0.29, 0.717) is 16.8 Å². The first-order chi connectivity index (χ1) is 10.1. The molecule has 0 saturated carbocycles. The lowest BCUT2D eigenvalue weighted by Crippen LogP contribution is -1.99. The lowest BCUT2D eigenvalue weighted by atomic mass is 9.94. The van der Waals surface area contributed by atoms with Crippen LogP contribution in [0.15, 0.2) is 36.5 Å². The zero-order chi connectivity index (χ0) is 16.4. The molecule has 2 rings (SSSR count). The van der Waals surface area contributed by atoms with Gasteiger partial charge in [0.25, 0.3) is 0 Å². The third kappa shape index (κ3) is 5.25. The number of hydrogen-bond donors (Lipinski definition) is 0. The standard InChI is InChI=1S/C14H13F2N.2C2H6/c1-9(2)11-7-10(15)8-12(16)14(11)13-5-3-4-6-17-13;2*1-2/h3-9H,1-2H3;2*1-2H3. The van der Waals surface area contributed by atoms with E-state index < -0.39 is 11.6 Å². The van der Waals surface area contributed by atoms with Gasteiger partial charge in [-0.2, -0.15) is 0 Å². The number of benzene rings is 1. The van der Waals surface area contributed by atoms with E-state index in [4.69, 9.17) is 0 Å². The molecular formula is C18H25F2N. The molecule has 0 fully saturated rings. The quantitative estimate of drug-likeness (QED) is 0.642. The molecule has 0 unspecified atom stereocenters. The van der Waals surface area contributed by atoms with E-state index in [2.05, 4.69) is 4.98 Å². The highest BCUT2D eigenvalue weighted by atomic mass is 19.1. The van der Waals surface area contributed by atoms with Gasteiger partial charge in [0.2, 0.25) is 0 Å². The van der Waals surface area contributed by atoms with Gasteiger partial charge < -0.3 is 0 Å². The molecule has 0 saturated heterocycles. The van der Waals surface area contributed by atoms with Crippen LogP contribution in [-0.4, -0.2) is 4.98 Å². The van der Waals surface area contributed by atoms with Gasteiger partial charge in [-0.05, 0) is 29.7 Å². The normalized spacial score (nSPS) is 9.38. The summed E-state index contributed by atoms with van der Waals surface area (Å²) in [6.07, 6.45) is 1.60. The zero-order valence-electron chi connectivity index (χ0n) is 13.7. The minimum atomic E-state index is -0.563. The summed E-state index contributed by atoms with van der Waals surface area (Å²) < 4.78 is 27.1. The van der Waals surface area contributed by atoms with Crippen molar-refractivity contribution in [1.82, 2.24) is 4.98 Å². The molecule has 0 bridgehead atoms. The fraction of sp³-hybridized carbons (Fsp3) is 0.389. The maximum atomic E-state index is 13.9. The van der Waals surface area contributed by atoms with Gasteiger partial charge in [-0.25, -0.2) is 8.78 Å². The van der Waals surface area contributed by atoms with Crippen LogP contribution in [0.2, 0.25) is 0 Å². The molecular weight excluding hydrogens is 268 g/mol. The van der Waals surface area contributed by atoms with Crippen LogP contribution < -0.4 is 0 Å². The highest BCUT2D eigenvalue weighted by molar-refractivity contribution is 5.65. The largest absolute Gasteiger partial charge is 0.256 e. The van der Waals surface area contributed by atoms with Gasteiger partial charge in [0, 0.05) is 17.8 Å². The molecule has 0 spiro atoms. The Kier molecular flexibility index (Phi) is 9.18. The van der Waals surface area contributed by atoms with Crippen LogP contribution in [0.5, 0.6) is 0 Å². The summed E-state index contributed by atoms with van der Waals surface area (Å²) in [7, 11) is 0. The second-order valence-electron chi connectivity index (χ2n) is 4.22. The summed E-state index contributed by atoms with van der Waals surface area (Å²) in [6.45, 7) is 11.8. The van der Waals surface area contributed by atoms with Crippen molar-refractivity contribution in [3.05, 3.63) is 53.7 Å². The van der Waals surface area contributed by atoms with Gasteiger partial charge in [-0.1, -0.05) is 47.6 Å². The predicted molar refractivity (Wildman–Crippen MR) is 86.4 cm³/mol. The zero-order valence-corrected chi connectivity index (χ0v) is 13.7. The second-order valence-corrected chi connectivity index (χ2v) is 4.22. The molecule has 0 aliphatic rings. The first kappa shape index (κ1) is 19.2. The van der Waals surface area contributed by atoms with Crippen molar-refractivity contribution in [2.45, 2.75) is 47.5 Å². The molecule has 0 amide bonds. The Hall–Kier alpha value is -1.77. The molecule has 1 aromatic heterocycles. The van der Waals surface area contributed by atoms with E-state index in [1.165, 1.54) is 6.07 Å². The molecule has 0 atom stereocenters. The van der Waals surface area contributed by atoms with E-state index in [9.17, 15) is 8.78 Å². The van der Waals surface area contributed by atoms with Gasteiger partial charge >= 0.3 is 0 Å².